The lowest BCUT2D eigenvalue weighted by Gasteiger charge is -2.22. The Labute approximate surface area is 158 Å². The van der Waals surface area contributed by atoms with Gasteiger partial charge in [0.25, 0.3) is 5.91 Å². The predicted molar refractivity (Wildman–Crippen MR) is 103 cm³/mol. The maximum atomic E-state index is 12.2. The van der Waals surface area contributed by atoms with Gasteiger partial charge in [-0.15, -0.1) is 23.7 Å². The third-order valence-electron chi connectivity index (χ3n) is 4.26. The first-order valence-corrected chi connectivity index (χ1v) is 9.55. The fourth-order valence-electron chi connectivity index (χ4n) is 2.93. The summed E-state index contributed by atoms with van der Waals surface area (Å²) in [5.41, 5.74) is 1.60. The molecule has 1 amide bonds. The van der Waals surface area contributed by atoms with Crippen molar-refractivity contribution in [1.82, 2.24) is 25.4 Å². The van der Waals surface area contributed by atoms with Gasteiger partial charge >= 0.3 is 0 Å². The molecule has 3 rings (SSSR count). The Kier molecular flexibility index (Phi) is 7.87. The maximum Gasteiger partial charge on any atom is 0.271 e. The smallest absolute Gasteiger partial charge is 0.271 e. The van der Waals surface area contributed by atoms with Crippen molar-refractivity contribution in [2.75, 3.05) is 19.6 Å². The molecule has 1 fully saturated rings. The lowest BCUT2D eigenvalue weighted by atomic mass is 10.1. The Bertz CT molecular complexity index is 666. The summed E-state index contributed by atoms with van der Waals surface area (Å²) in [6.07, 6.45) is 7.17. The second-order valence-electron chi connectivity index (χ2n) is 6.28. The van der Waals surface area contributed by atoms with E-state index in [1.54, 1.807) is 11.3 Å². The van der Waals surface area contributed by atoms with Crippen molar-refractivity contribution in [1.29, 1.82) is 0 Å². The molecule has 8 heteroatoms. The number of nitrogens with zero attached hydrogens (tertiary/aromatic N) is 3. The molecule has 0 bridgehead atoms. The SMILES string of the molecule is Cc1csc(CCCCNC(=O)c2ccn(C3CCCNC3)n2)n1.Cl. The summed E-state index contributed by atoms with van der Waals surface area (Å²) in [6.45, 7) is 4.70. The van der Waals surface area contributed by atoms with E-state index in [4.69, 9.17) is 0 Å². The lowest BCUT2D eigenvalue weighted by molar-refractivity contribution is 0.0946. The Hall–Kier alpha value is -1.44. The average molecular weight is 384 g/mol. The molecule has 138 valence electrons. The highest BCUT2D eigenvalue weighted by molar-refractivity contribution is 7.09. The van der Waals surface area contributed by atoms with Crippen LogP contribution in [-0.4, -0.2) is 40.3 Å². The number of aromatic nitrogens is 3. The summed E-state index contributed by atoms with van der Waals surface area (Å²) >= 11 is 1.71. The number of thiazole rings is 1. The standard InChI is InChI=1S/C17H25N5OS.ClH/c1-13-12-24-16(20-13)6-2-3-9-19-17(23)15-7-10-22(21-15)14-5-4-8-18-11-14;/h7,10,12,14,18H,2-6,8-9,11H2,1H3,(H,19,23);1H. The minimum absolute atomic E-state index is 0. The molecule has 0 aromatic carbocycles. The van der Waals surface area contributed by atoms with Crippen molar-refractivity contribution < 1.29 is 4.79 Å². The van der Waals surface area contributed by atoms with Crippen LogP contribution in [0.5, 0.6) is 0 Å². The Morgan fingerprint density at radius 2 is 2.36 bits per heavy atom. The quantitative estimate of drug-likeness (QED) is 0.721. The van der Waals surface area contributed by atoms with Crippen LogP contribution in [0.15, 0.2) is 17.6 Å². The van der Waals surface area contributed by atoms with Gasteiger partial charge < -0.3 is 10.6 Å². The summed E-state index contributed by atoms with van der Waals surface area (Å²) in [6, 6.07) is 2.17. The number of halogens is 1. The van der Waals surface area contributed by atoms with E-state index in [1.807, 2.05) is 23.9 Å². The normalized spacial score (nSPS) is 17.1. The second kappa shape index (κ2) is 9.89. The number of rotatable bonds is 7. The zero-order valence-electron chi connectivity index (χ0n) is 14.5. The van der Waals surface area contributed by atoms with E-state index in [9.17, 15) is 4.79 Å². The number of hydrogen-bond acceptors (Lipinski definition) is 5. The van der Waals surface area contributed by atoms with Crippen LogP contribution in [-0.2, 0) is 6.42 Å². The predicted octanol–water partition coefficient (Wildman–Crippen LogP) is 2.75. The molecule has 1 aliphatic rings. The first kappa shape index (κ1) is 19.9. The number of nitrogens with one attached hydrogen (secondary N) is 2. The molecular weight excluding hydrogens is 358 g/mol. The third kappa shape index (κ3) is 5.80. The van der Waals surface area contributed by atoms with Gasteiger partial charge in [-0.25, -0.2) is 4.98 Å². The number of carbonyl (C=O) groups excluding carboxylic acids is 1. The van der Waals surface area contributed by atoms with Gasteiger partial charge in [-0.2, -0.15) is 5.10 Å². The first-order chi connectivity index (χ1) is 11.7. The highest BCUT2D eigenvalue weighted by Gasteiger charge is 2.17. The van der Waals surface area contributed by atoms with Crippen molar-refractivity contribution in [3.8, 4) is 0 Å². The van der Waals surface area contributed by atoms with Crippen LogP contribution in [0.3, 0.4) is 0 Å². The topological polar surface area (TPSA) is 71.8 Å². The fraction of sp³-hybridized carbons (Fsp3) is 0.588. The van der Waals surface area contributed by atoms with Gasteiger partial charge in [-0.05, 0) is 51.6 Å². The van der Waals surface area contributed by atoms with Crippen molar-refractivity contribution in [2.24, 2.45) is 0 Å². The van der Waals surface area contributed by atoms with E-state index >= 15 is 0 Å². The highest BCUT2D eigenvalue weighted by atomic mass is 35.5. The van der Waals surface area contributed by atoms with Crippen LogP contribution >= 0.6 is 23.7 Å². The molecule has 2 aromatic rings. The zero-order valence-corrected chi connectivity index (χ0v) is 16.2. The Balaban J connectivity index is 0.00000225. The van der Waals surface area contributed by atoms with Gasteiger partial charge in [0.05, 0.1) is 11.0 Å². The second-order valence-corrected chi connectivity index (χ2v) is 7.22. The van der Waals surface area contributed by atoms with E-state index in [0.717, 1.165) is 50.9 Å². The summed E-state index contributed by atoms with van der Waals surface area (Å²) in [5, 5.41) is 14.0. The zero-order chi connectivity index (χ0) is 16.8. The number of carbonyl (C=O) groups is 1. The molecule has 0 spiro atoms. The first-order valence-electron chi connectivity index (χ1n) is 8.67. The van der Waals surface area contributed by atoms with Gasteiger partial charge in [0.1, 0.15) is 5.69 Å². The van der Waals surface area contributed by atoms with E-state index in [0.29, 0.717) is 18.3 Å². The number of piperidine rings is 1. The van der Waals surface area contributed by atoms with Gasteiger partial charge in [-0.3, -0.25) is 9.48 Å². The van der Waals surface area contributed by atoms with Crippen LogP contribution < -0.4 is 10.6 Å². The van der Waals surface area contributed by atoms with Crippen molar-refractivity contribution in [3.63, 3.8) is 0 Å². The van der Waals surface area contributed by atoms with Gasteiger partial charge in [-0.1, -0.05) is 0 Å². The van der Waals surface area contributed by atoms with Crippen molar-refractivity contribution in [3.05, 3.63) is 34.0 Å². The molecule has 0 aliphatic carbocycles. The molecule has 1 aliphatic heterocycles. The highest BCUT2D eigenvalue weighted by Crippen LogP contribution is 2.15. The van der Waals surface area contributed by atoms with E-state index in [2.05, 4.69) is 26.1 Å². The summed E-state index contributed by atoms with van der Waals surface area (Å²) in [5.74, 6) is -0.0809. The molecule has 1 atom stereocenters. The molecule has 2 N–H and O–H groups in total. The molecule has 1 saturated heterocycles. The third-order valence-corrected chi connectivity index (χ3v) is 5.28. The minimum atomic E-state index is -0.0809. The van der Waals surface area contributed by atoms with E-state index < -0.39 is 0 Å². The summed E-state index contributed by atoms with van der Waals surface area (Å²) in [4.78, 5) is 16.6. The van der Waals surface area contributed by atoms with Gasteiger partial charge in [0.15, 0.2) is 0 Å². The monoisotopic (exact) mass is 383 g/mol. The van der Waals surface area contributed by atoms with Crippen LogP contribution in [0.1, 0.15) is 52.9 Å². The Morgan fingerprint density at radius 3 is 3.08 bits per heavy atom. The van der Waals surface area contributed by atoms with Gasteiger partial charge in [0.2, 0.25) is 0 Å². The molecule has 0 saturated carbocycles. The Morgan fingerprint density at radius 1 is 1.48 bits per heavy atom. The van der Waals surface area contributed by atoms with Crippen LogP contribution in [0.25, 0.3) is 0 Å². The fourth-order valence-corrected chi connectivity index (χ4v) is 3.75. The molecule has 1 unspecified atom stereocenters. The average Bonchev–Trinajstić information content (AvgIpc) is 3.24. The number of hydrogen-bond donors (Lipinski definition) is 2. The summed E-state index contributed by atoms with van der Waals surface area (Å²) in [7, 11) is 0. The lowest BCUT2D eigenvalue weighted by Crippen LogP contribution is -2.32. The molecule has 2 aromatic heterocycles. The van der Waals surface area contributed by atoms with E-state index in [-0.39, 0.29) is 18.3 Å². The number of amides is 1. The molecule has 25 heavy (non-hydrogen) atoms. The van der Waals surface area contributed by atoms with Crippen molar-refractivity contribution >= 4 is 29.7 Å². The summed E-state index contributed by atoms with van der Waals surface area (Å²) < 4.78 is 1.92. The molecule has 6 nitrogen and oxygen atoms in total. The largest absolute Gasteiger partial charge is 0.351 e. The number of aryl methyl sites for hydroxylation is 2. The van der Waals surface area contributed by atoms with Crippen LogP contribution in [0, 0.1) is 6.92 Å². The van der Waals surface area contributed by atoms with Crippen LogP contribution in [0.2, 0.25) is 0 Å². The molecule has 3 heterocycles. The minimum Gasteiger partial charge on any atom is -0.351 e. The van der Waals surface area contributed by atoms with E-state index in [1.165, 1.54) is 5.01 Å². The molecule has 0 radical (unpaired) electrons. The van der Waals surface area contributed by atoms with Gasteiger partial charge in [0, 0.05) is 30.4 Å². The number of unbranched alkanes of at least 4 members (excludes halogenated alkanes) is 1. The molecular formula is C17H26ClN5OS. The van der Waals surface area contributed by atoms with Crippen molar-refractivity contribution in [2.45, 2.75) is 45.1 Å². The maximum absolute atomic E-state index is 12.2. The van der Waals surface area contributed by atoms with Crippen LogP contribution in [0.4, 0.5) is 0 Å².